The fourth-order valence-corrected chi connectivity index (χ4v) is 6.17. The first-order chi connectivity index (χ1) is 15.3. The number of amides is 1. The fourth-order valence-electron chi connectivity index (χ4n) is 3.36. The van der Waals surface area contributed by atoms with Gasteiger partial charge >= 0.3 is 5.97 Å². The fraction of sp³-hybridized carbons (Fsp3) is 0.652. The molecule has 1 heterocycles. The van der Waals surface area contributed by atoms with Crippen LogP contribution in [0.5, 0.6) is 0 Å². The quantitative estimate of drug-likeness (QED) is 0.140. The Kier molecular flexibility index (Phi) is 9.12. The van der Waals surface area contributed by atoms with E-state index in [-0.39, 0.29) is 47.2 Å². The van der Waals surface area contributed by atoms with E-state index in [1.807, 2.05) is 6.92 Å². The number of nitro groups is 1. The lowest BCUT2D eigenvalue weighted by atomic mass is 9.93. The molecule has 10 heteroatoms. The topological polar surface area (TPSA) is 99.0 Å². The number of carbonyl (C=O) groups is 2. The van der Waals surface area contributed by atoms with Gasteiger partial charge in [0.1, 0.15) is 13.2 Å². The molecule has 33 heavy (non-hydrogen) atoms. The summed E-state index contributed by atoms with van der Waals surface area (Å²) in [6.07, 6.45) is 0.748. The highest BCUT2D eigenvalue weighted by molar-refractivity contribution is 8.00. The van der Waals surface area contributed by atoms with E-state index in [1.54, 1.807) is 28.8 Å². The molecule has 3 atom stereocenters. The summed E-state index contributed by atoms with van der Waals surface area (Å²) in [6, 6.07) is 5.84. The standard InChI is InChI=1S/C23H36N2O6SSi/c1-8-13-32-22-20(16(2)31-33(6,7)23(3,4)5)21(27)24(22)14-19(26)30-15-17-9-11-18(12-10-17)25(28)29/h9-12,16,20,22H,8,13-15H2,1-7H3/t16-,20+,22-/m1/s1. The van der Waals surface area contributed by atoms with Gasteiger partial charge in [0.15, 0.2) is 8.32 Å². The van der Waals surface area contributed by atoms with Crippen molar-refractivity contribution >= 4 is 37.6 Å². The smallest absolute Gasteiger partial charge is 0.326 e. The maximum absolute atomic E-state index is 13.0. The van der Waals surface area contributed by atoms with Gasteiger partial charge in [-0.25, -0.2) is 0 Å². The van der Waals surface area contributed by atoms with Gasteiger partial charge in [-0.1, -0.05) is 27.7 Å². The Morgan fingerprint density at radius 3 is 2.39 bits per heavy atom. The van der Waals surface area contributed by atoms with Crippen LogP contribution in [-0.2, 0) is 25.4 Å². The second-order valence-corrected chi connectivity index (χ2v) is 15.9. The third-order valence-electron chi connectivity index (χ3n) is 6.31. The van der Waals surface area contributed by atoms with Crippen molar-refractivity contribution in [2.45, 2.75) is 77.3 Å². The van der Waals surface area contributed by atoms with Crippen LogP contribution in [-0.4, -0.2) is 53.8 Å². The molecule has 0 radical (unpaired) electrons. The summed E-state index contributed by atoms with van der Waals surface area (Å²) in [6.45, 7) is 14.8. The van der Waals surface area contributed by atoms with Crippen LogP contribution in [0.1, 0.15) is 46.6 Å². The largest absolute Gasteiger partial charge is 0.459 e. The lowest BCUT2D eigenvalue weighted by Gasteiger charge is -2.50. The van der Waals surface area contributed by atoms with Crippen LogP contribution in [0.4, 0.5) is 5.69 Å². The molecule has 0 unspecified atom stereocenters. The molecule has 0 bridgehead atoms. The van der Waals surface area contributed by atoms with E-state index in [1.165, 1.54) is 12.1 Å². The first-order valence-corrected chi connectivity index (χ1v) is 15.2. The molecule has 8 nitrogen and oxygen atoms in total. The molecule has 1 amide bonds. The maximum atomic E-state index is 13.0. The number of hydrogen-bond donors (Lipinski definition) is 0. The van der Waals surface area contributed by atoms with E-state index in [0.29, 0.717) is 5.56 Å². The van der Waals surface area contributed by atoms with Crippen molar-refractivity contribution in [3.8, 4) is 0 Å². The van der Waals surface area contributed by atoms with Crippen molar-refractivity contribution in [3.05, 3.63) is 39.9 Å². The van der Waals surface area contributed by atoms with Crippen molar-refractivity contribution < 1.29 is 23.7 Å². The van der Waals surface area contributed by atoms with Gasteiger partial charge in [0.05, 0.1) is 22.3 Å². The Morgan fingerprint density at radius 2 is 1.88 bits per heavy atom. The summed E-state index contributed by atoms with van der Waals surface area (Å²) in [7, 11) is -2.03. The number of non-ortho nitro benzene ring substituents is 1. The summed E-state index contributed by atoms with van der Waals surface area (Å²) in [5.41, 5.74) is 0.627. The number of carbonyl (C=O) groups excluding carboxylic acids is 2. The Hall–Kier alpha value is -1.91. The molecule has 1 aliphatic rings. The molecule has 2 rings (SSSR count). The van der Waals surface area contributed by atoms with Gasteiger partial charge in [-0.15, -0.1) is 11.8 Å². The highest BCUT2D eigenvalue weighted by atomic mass is 32.2. The molecule has 0 N–H and O–H groups in total. The number of rotatable bonds is 11. The molecular formula is C23H36N2O6SSi. The van der Waals surface area contributed by atoms with Crippen molar-refractivity contribution in [3.63, 3.8) is 0 Å². The van der Waals surface area contributed by atoms with Crippen LogP contribution in [0.25, 0.3) is 0 Å². The number of benzene rings is 1. The number of hydrogen-bond acceptors (Lipinski definition) is 7. The van der Waals surface area contributed by atoms with Crippen LogP contribution < -0.4 is 0 Å². The minimum absolute atomic E-state index is 0.0000574. The van der Waals surface area contributed by atoms with E-state index in [9.17, 15) is 19.7 Å². The number of likely N-dealkylation sites (tertiary alicyclic amines) is 1. The molecule has 1 aromatic carbocycles. The third-order valence-corrected chi connectivity index (χ3v) is 12.4. The van der Waals surface area contributed by atoms with E-state index in [2.05, 4.69) is 40.8 Å². The highest BCUT2D eigenvalue weighted by Crippen LogP contribution is 2.43. The van der Waals surface area contributed by atoms with Crippen LogP contribution in [0.3, 0.4) is 0 Å². The predicted octanol–water partition coefficient (Wildman–Crippen LogP) is 4.98. The molecule has 1 aromatic rings. The lowest BCUT2D eigenvalue weighted by molar-refractivity contribution is -0.384. The van der Waals surface area contributed by atoms with Crippen molar-refractivity contribution in [2.24, 2.45) is 5.92 Å². The lowest BCUT2D eigenvalue weighted by Crippen LogP contribution is -2.65. The summed E-state index contributed by atoms with van der Waals surface area (Å²) in [5.74, 6) is 0.0238. The Labute approximate surface area is 201 Å². The van der Waals surface area contributed by atoms with Crippen LogP contribution in [0.15, 0.2) is 24.3 Å². The van der Waals surface area contributed by atoms with Crippen molar-refractivity contribution in [1.82, 2.24) is 4.90 Å². The summed E-state index contributed by atoms with van der Waals surface area (Å²) in [4.78, 5) is 37.3. The van der Waals surface area contributed by atoms with Gasteiger partial charge in [0.25, 0.3) is 5.69 Å². The molecular weight excluding hydrogens is 460 g/mol. The van der Waals surface area contributed by atoms with Gasteiger partial charge in [0.2, 0.25) is 5.91 Å². The number of ether oxygens (including phenoxy) is 1. The summed E-state index contributed by atoms with van der Waals surface area (Å²) < 4.78 is 11.8. The zero-order valence-electron chi connectivity index (χ0n) is 20.6. The van der Waals surface area contributed by atoms with Crippen molar-refractivity contribution in [2.75, 3.05) is 12.3 Å². The normalized spacial score (nSPS) is 19.7. The maximum Gasteiger partial charge on any atom is 0.326 e. The monoisotopic (exact) mass is 496 g/mol. The minimum Gasteiger partial charge on any atom is -0.459 e. The summed E-state index contributed by atoms with van der Waals surface area (Å²) >= 11 is 1.67. The minimum atomic E-state index is -2.03. The highest BCUT2D eigenvalue weighted by Gasteiger charge is 2.53. The zero-order valence-corrected chi connectivity index (χ0v) is 22.4. The molecule has 0 aromatic heterocycles. The third kappa shape index (κ3) is 6.80. The second kappa shape index (κ2) is 11.0. The Balaban J connectivity index is 1.98. The zero-order chi connectivity index (χ0) is 25.0. The van der Waals surface area contributed by atoms with Crippen LogP contribution in [0, 0.1) is 16.0 Å². The van der Waals surface area contributed by atoms with E-state index >= 15 is 0 Å². The number of esters is 1. The van der Waals surface area contributed by atoms with E-state index in [4.69, 9.17) is 9.16 Å². The molecule has 0 aliphatic carbocycles. The van der Waals surface area contributed by atoms with Gasteiger partial charge in [0, 0.05) is 12.1 Å². The van der Waals surface area contributed by atoms with E-state index < -0.39 is 19.2 Å². The molecule has 1 saturated heterocycles. The molecule has 0 saturated carbocycles. The number of nitro benzene ring substituents is 1. The Bertz CT molecular complexity index is 856. The van der Waals surface area contributed by atoms with Crippen LogP contribution >= 0.6 is 11.8 Å². The van der Waals surface area contributed by atoms with E-state index in [0.717, 1.165) is 12.2 Å². The number of nitrogens with zero attached hydrogens (tertiary/aromatic N) is 2. The number of thioether (sulfide) groups is 1. The average Bonchev–Trinajstić information content (AvgIpc) is 2.72. The molecule has 0 spiro atoms. The predicted molar refractivity (Wildman–Crippen MR) is 132 cm³/mol. The summed E-state index contributed by atoms with van der Waals surface area (Å²) in [5, 5.41) is 10.7. The number of β-lactam (4-membered cyclic amide) rings is 1. The molecule has 184 valence electrons. The Morgan fingerprint density at radius 1 is 1.27 bits per heavy atom. The van der Waals surface area contributed by atoms with Crippen molar-refractivity contribution in [1.29, 1.82) is 0 Å². The van der Waals surface area contributed by atoms with Gasteiger partial charge in [-0.05, 0) is 54.9 Å². The molecule has 1 fully saturated rings. The van der Waals surface area contributed by atoms with Gasteiger partial charge < -0.3 is 14.1 Å². The van der Waals surface area contributed by atoms with Crippen LogP contribution in [0.2, 0.25) is 18.1 Å². The second-order valence-electron chi connectivity index (χ2n) is 9.92. The first kappa shape index (κ1) is 27.3. The average molecular weight is 497 g/mol. The SMILES string of the molecule is CCCS[C@@H]1[C@@H]([C@@H](C)O[Si](C)(C)C(C)(C)C)C(=O)N1CC(=O)OCc1ccc([N+](=O)[O-])cc1. The van der Waals surface area contributed by atoms with Gasteiger partial charge in [-0.2, -0.15) is 0 Å². The molecule has 1 aliphatic heterocycles. The first-order valence-electron chi connectivity index (χ1n) is 11.3. The van der Waals surface area contributed by atoms with Gasteiger partial charge in [-0.3, -0.25) is 19.7 Å².